The molecular formula is C16H24N2O4S. The van der Waals surface area contributed by atoms with Crippen molar-refractivity contribution < 1.29 is 17.9 Å². The predicted octanol–water partition coefficient (Wildman–Crippen LogP) is 1.36. The number of hydrogen-bond acceptors (Lipinski definition) is 4. The molecule has 0 unspecified atom stereocenters. The number of ether oxygens (including phenoxy) is 1. The summed E-state index contributed by atoms with van der Waals surface area (Å²) in [7, 11) is -3.54. The normalized spacial score (nSPS) is 18.0. The molecule has 23 heavy (non-hydrogen) atoms. The number of hydrogen-bond donors (Lipinski definition) is 1. The molecule has 128 valence electrons. The van der Waals surface area contributed by atoms with Gasteiger partial charge in [0.05, 0.1) is 18.0 Å². The molecule has 1 aliphatic heterocycles. The first-order valence-electron chi connectivity index (χ1n) is 7.70. The number of anilines is 1. The van der Waals surface area contributed by atoms with E-state index in [9.17, 15) is 13.2 Å². The first-order chi connectivity index (χ1) is 10.8. The van der Waals surface area contributed by atoms with E-state index in [0.717, 1.165) is 41.1 Å². The van der Waals surface area contributed by atoms with Crippen LogP contribution >= 0.6 is 0 Å². The lowest BCUT2D eigenvalue weighted by atomic mass is 10.1. The van der Waals surface area contributed by atoms with E-state index < -0.39 is 10.0 Å². The van der Waals surface area contributed by atoms with Gasteiger partial charge in [0.15, 0.2) is 0 Å². The third-order valence-electron chi connectivity index (χ3n) is 4.02. The standard InChI is InChI=1S/C16H24N2O4S/c1-12-6-7-14(9-13(12)2)18(23(3,20)21)11-16(19)17-10-15-5-4-8-22-15/h6-7,9,15H,4-5,8,10-11H2,1-3H3,(H,17,19)/t15-/m1/s1. The lowest BCUT2D eigenvalue weighted by Gasteiger charge is -2.23. The van der Waals surface area contributed by atoms with E-state index >= 15 is 0 Å². The van der Waals surface area contributed by atoms with Crippen molar-refractivity contribution in [2.24, 2.45) is 0 Å². The average Bonchev–Trinajstić information content (AvgIpc) is 2.98. The monoisotopic (exact) mass is 340 g/mol. The molecule has 1 amide bonds. The Bertz CT molecular complexity index is 667. The summed E-state index contributed by atoms with van der Waals surface area (Å²) >= 11 is 0. The van der Waals surface area contributed by atoms with E-state index in [0.29, 0.717) is 12.2 Å². The highest BCUT2D eigenvalue weighted by Gasteiger charge is 2.22. The molecule has 0 saturated carbocycles. The molecule has 6 nitrogen and oxygen atoms in total. The first-order valence-corrected chi connectivity index (χ1v) is 9.55. The molecule has 7 heteroatoms. The van der Waals surface area contributed by atoms with Gasteiger partial charge in [-0.05, 0) is 49.9 Å². The number of aryl methyl sites for hydroxylation is 2. The largest absolute Gasteiger partial charge is 0.376 e. The zero-order chi connectivity index (χ0) is 17.0. The van der Waals surface area contributed by atoms with Gasteiger partial charge in [0.1, 0.15) is 6.54 Å². The minimum atomic E-state index is -3.54. The molecule has 1 aliphatic rings. The van der Waals surface area contributed by atoms with Crippen LogP contribution in [0, 0.1) is 13.8 Å². The minimum Gasteiger partial charge on any atom is -0.376 e. The van der Waals surface area contributed by atoms with Crippen molar-refractivity contribution in [1.29, 1.82) is 0 Å². The summed E-state index contributed by atoms with van der Waals surface area (Å²) in [6.45, 7) is 4.78. The maximum Gasteiger partial charge on any atom is 0.240 e. The van der Waals surface area contributed by atoms with Crippen molar-refractivity contribution in [3.63, 3.8) is 0 Å². The minimum absolute atomic E-state index is 0.0345. The Balaban J connectivity index is 2.06. The SMILES string of the molecule is Cc1ccc(N(CC(=O)NC[C@H]2CCCO2)S(C)(=O)=O)cc1C. The van der Waals surface area contributed by atoms with Crippen LogP contribution in [0.2, 0.25) is 0 Å². The molecule has 1 N–H and O–H groups in total. The van der Waals surface area contributed by atoms with Gasteiger partial charge in [0.2, 0.25) is 15.9 Å². The second-order valence-corrected chi connectivity index (χ2v) is 7.88. The Morgan fingerprint density at radius 3 is 2.65 bits per heavy atom. The van der Waals surface area contributed by atoms with Crippen LogP contribution < -0.4 is 9.62 Å². The Morgan fingerprint density at radius 2 is 2.09 bits per heavy atom. The number of rotatable bonds is 6. The van der Waals surface area contributed by atoms with Gasteiger partial charge in [-0.3, -0.25) is 9.10 Å². The van der Waals surface area contributed by atoms with Crippen LogP contribution in [-0.4, -0.2) is 46.4 Å². The highest BCUT2D eigenvalue weighted by atomic mass is 32.2. The third kappa shape index (κ3) is 4.94. The summed E-state index contributed by atoms with van der Waals surface area (Å²) in [6.07, 6.45) is 3.06. The number of sulfonamides is 1. The maximum absolute atomic E-state index is 12.1. The van der Waals surface area contributed by atoms with E-state index in [1.54, 1.807) is 12.1 Å². The van der Waals surface area contributed by atoms with Gasteiger partial charge in [0.25, 0.3) is 0 Å². The zero-order valence-electron chi connectivity index (χ0n) is 13.8. The average molecular weight is 340 g/mol. The molecule has 1 saturated heterocycles. The maximum atomic E-state index is 12.1. The van der Waals surface area contributed by atoms with Crippen molar-refractivity contribution in [2.75, 3.05) is 30.3 Å². The van der Waals surface area contributed by atoms with Gasteiger partial charge < -0.3 is 10.1 Å². The van der Waals surface area contributed by atoms with Crippen LogP contribution in [0.15, 0.2) is 18.2 Å². The van der Waals surface area contributed by atoms with Crippen molar-refractivity contribution in [3.8, 4) is 0 Å². The molecule has 2 rings (SSSR count). The second-order valence-electron chi connectivity index (χ2n) is 5.98. The Morgan fingerprint density at radius 1 is 1.35 bits per heavy atom. The molecule has 1 heterocycles. The van der Waals surface area contributed by atoms with Crippen LogP contribution in [-0.2, 0) is 19.6 Å². The number of nitrogens with zero attached hydrogens (tertiary/aromatic N) is 1. The third-order valence-corrected chi connectivity index (χ3v) is 5.16. The van der Waals surface area contributed by atoms with E-state index in [4.69, 9.17) is 4.74 Å². The van der Waals surface area contributed by atoms with Crippen LogP contribution in [0.25, 0.3) is 0 Å². The van der Waals surface area contributed by atoms with E-state index in [1.807, 2.05) is 19.9 Å². The smallest absolute Gasteiger partial charge is 0.240 e. The quantitative estimate of drug-likeness (QED) is 0.848. The number of carbonyl (C=O) groups excluding carboxylic acids is 1. The fourth-order valence-corrected chi connectivity index (χ4v) is 3.35. The summed E-state index contributed by atoms with van der Waals surface area (Å²) < 4.78 is 30.7. The highest BCUT2D eigenvalue weighted by molar-refractivity contribution is 7.92. The topological polar surface area (TPSA) is 75.7 Å². The van der Waals surface area contributed by atoms with Gasteiger partial charge in [-0.15, -0.1) is 0 Å². The number of nitrogens with one attached hydrogen (secondary N) is 1. The van der Waals surface area contributed by atoms with Crippen LogP contribution in [0.3, 0.4) is 0 Å². The zero-order valence-corrected chi connectivity index (χ0v) is 14.6. The summed E-state index contributed by atoms with van der Waals surface area (Å²) in [6, 6.07) is 5.35. The van der Waals surface area contributed by atoms with E-state index in [1.165, 1.54) is 0 Å². The lowest BCUT2D eigenvalue weighted by Crippen LogP contribution is -2.42. The van der Waals surface area contributed by atoms with Crippen LogP contribution in [0.4, 0.5) is 5.69 Å². The summed E-state index contributed by atoms with van der Waals surface area (Å²) in [5, 5.41) is 2.75. The number of amides is 1. The molecule has 0 bridgehead atoms. The molecule has 0 spiro atoms. The van der Waals surface area contributed by atoms with Crippen LogP contribution in [0.5, 0.6) is 0 Å². The fraction of sp³-hybridized carbons (Fsp3) is 0.562. The Hall–Kier alpha value is -1.60. The Labute approximate surface area is 137 Å². The van der Waals surface area contributed by atoms with Crippen molar-refractivity contribution in [1.82, 2.24) is 5.32 Å². The van der Waals surface area contributed by atoms with Gasteiger partial charge >= 0.3 is 0 Å². The van der Waals surface area contributed by atoms with Gasteiger partial charge in [-0.25, -0.2) is 8.42 Å². The summed E-state index contributed by atoms with van der Waals surface area (Å²) in [4.78, 5) is 12.1. The van der Waals surface area contributed by atoms with Crippen LogP contribution in [0.1, 0.15) is 24.0 Å². The highest BCUT2D eigenvalue weighted by Crippen LogP contribution is 2.21. The summed E-state index contributed by atoms with van der Waals surface area (Å²) in [5.41, 5.74) is 2.56. The second kappa shape index (κ2) is 7.31. The molecule has 0 radical (unpaired) electrons. The van der Waals surface area contributed by atoms with E-state index in [2.05, 4.69) is 5.32 Å². The molecule has 0 aliphatic carbocycles. The number of carbonyl (C=O) groups is 1. The first kappa shape index (κ1) is 17.7. The van der Waals surface area contributed by atoms with Gasteiger partial charge in [-0.2, -0.15) is 0 Å². The lowest BCUT2D eigenvalue weighted by molar-refractivity contribution is -0.120. The molecular weight excluding hydrogens is 316 g/mol. The number of benzene rings is 1. The van der Waals surface area contributed by atoms with Gasteiger partial charge in [-0.1, -0.05) is 6.07 Å². The summed E-state index contributed by atoms with van der Waals surface area (Å²) in [5.74, 6) is -0.329. The van der Waals surface area contributed by atoms with E-state index in [-0.39, 0.29) is 18.6 Å². The van der Waals surface area contributed by atoms with Crippen molar-refractivity contribution >= 4 is 21.6 Å². The molecule has 1 aromatic rings. The van der Waals surface area contributed by atoms with Gasteiger partial charge in [0, 0.05) is 13.2 Å². The van der Waals surface area contributed by atoms with Crippen molar-refractivity contribution in [2.45, 2.75) is 32.8 Å². The fourth-order valence-electron chi connectivity index (χ4n) is 2.50. The predicted molar refractivity (Wildman–Crippen MR) is 90.1 cm³/mol. The molecule has 0 aromatic heterocycles. The molecule has 1 aromatic carbocycles. The molecule has 1 atom stereocenters. The molecule has 1 fully saturated rings. The van der Waals surface area contributed by atoms with Crippen molar-refractivity contribution in [3.05, 3.63) is 29.3 Å². The Kier molecular flexibility index (Phi) is 5.64.